The Hall–Kier alpha value is -1.94. The quantitative estimate of drug-likeness (QED) is 0.880. The molecule has 3 nitrogen and oxygen atoms in total. The summed E-state index contributed by atoms with van der Waals surface area (Å²) in [6, 6.07) is 10.3. The standard InChI is InChI=1S/C13H13FN2O/c1-15-9-10-4-6-11(7-5-10)17-13-12(14)3-2-8-16-13/h2-8,15H,9H2,1H3. The first-order valence-electron chi connectivity index (χ1n) is 5.31. The van der Waals surface area contributed by atoms with E-state index in [1.54, 1.807) is 12.1 Å². The van der Waals surface area contributed by atoms with Crippen molar-refractivity contribution in [1.82, 2.24) is 10.3 Å². The highest BCUT2D eigenvalue weighted by atomic mass is 19.1. The monoisotopic (exact) mass is 232 g/mol. The zero-order chi connectivity index (χ0) is 12.1. The average molecular weight is 232 g/mol. The smallest absolute Gasteiger partial charge is 0.255 e. The van der Waals surface area contributed by atoms with Gasteiger partial charge in [0.15, 0.2) is 5.82 Å². The van der Waals surface area contributed by atoms with Crippen molar-refractivity contribution in [2.75, 3.05) is 7.05 Å². The summed E-state index contributed by atoms with van der Waals surface area (Å²) in [6.45, 7) is 0.790. The molecule has 1 aromatic heterocycles. The molecule has 0 saturated heterocycles. The molecule has 88 valence electrons. The third-order valence-corrected chi connectivity index (χ3v) is 2.24. The molecule has 0 saturated carbocycles. The molecule has 0 spiro atoms. The van der Waals surface area contributed by atoms with E-state index < -0.39 is 5.82 Å². The molecule has 0 fully saturated rings. The number of benzene rings is 1. The molecule has 4 heteroatoms. The van der Waals surface area contributed by atoms with Crippen molar-refractivity contribution in [1.29, 1.82) is 0 Å². The molecule has 0 radical (unpaired) electrons. The van der Waals surface area contributed by atoms with Gasteiger partial charge in [0.05, 0.1) is 0 Å². The minimum Gasteiger partial charge on any atom is -0.436 e. The fourth-order valence-corrected chi connectivity index (χ4v) is 1.44. The van der Waals surface area contributed by atoms with Crippen molar-refractivity contribution < 1.29 is 9.13 Å². The number of pyridine rings is 1. The number of halogens is 1. The molecular formula is C13H13FN2O. The summed E-state index contributed by atoms with van der Waals surface area (Å²) in [5.41, 5.74) is 1.14. The van der Waals surface area contributed by atoms with E-state index in [2.05, 4.69) is 10.3 Å². The number of aromatic nitrogens is 1. The zero-order valence-corrected chi connectivity index (χ0v) is 9.48. The Morgan fingerprint density at radius 2 is 2.00 bits per heavy atom. The Morgan fingerprint density at radius 3 is 2.65 bits per heavy atom. The molecule has 0 bridgehead atoms. The fraction of sp³-hybridized carbons (Fsp3) is 0.154. The summed E-state index contributed by atoms with van der Waals surface area (Å²) in [7, 11) is 1.88. The Kier molecular flexibility index (Phi) is 3.67. The minimum atomic E-state index is -0.466. The van der Waals surface area contributed by atoms with Gasteiger partial charge in [0, 0.05) is 12.7 Å². The van der Waals surface area contributed by atoms with E-state index in [1.807, 2.05) is 19.2 Å². The molecule has 1 aromatic carbocycles. The van der Waals surface area contributed by atoms with Gasteiger partial charge in [-0.2, -0.15) is 0 Å². The first kappa shape index (κ1) is 11.5. The van der Waals surface area contributed by atoms with Crippen molar-refractivity contribution in [3.05, 3.63) is 54.0 Å². The molecule has 0 aliphatic heterocycles. The van der Waals surface area contributed by atoms with E-state index in [9.17, 15) is 4.39 Å². The van der Waals surface area contributed by atoms with Crippen LogP contribution in [0.25, 0.3) is 0 Å². The lowest BCUT2D eigenvalue weighted by atomic mass is 10.2. The SMILES string of the molecule is CNCc1ccc(Oc2ncccc2F)cc1. The topological polar surface area (TPSA) is 34.1 Å². The van der Waals surface area contributed by atoms with Gasteiger partial charge in [0.25, 0.3) is 5.88 Å². The summed E-state index contributed by atoms with van der Waals surface area (Å²) < 4.78 is 18.6. The number of nitrogens with zero attached hydrogens (tertiary/aromatic N) is 1. The summed E-state index contributed by atoms with van der Waals surface area (Å²) >= 11 is 0. The van der Waals surface area contributed by atoms with Gasteiger partial charge in [-0.1, -0.05) is 12.1 Å². The van der Waals surface area contributed by atoms with Crippen LogP contribution in [0.4, 0.5) is 4.39 Å². The molecule has 0 unspecified atom stereocenters. The lowest BCUT2D eigenvalue weighted by molar-refractivity contribution is 0.422. The van der Waals surface area contributed by atoms with Crippen molar-refractivity contribution in [3.8, 4) is 11.6 Å². The van der Waals surface area contributed by atoms with Crippen LogP contribution in [0, 0.1) is 5.82 Å². The van der Waals surface area contributed by atoms with Gasteiger partial charge in [-0.25, -0.2) is 9.37 Å². The normalized spacial score (nSPS) is 10.2. The zero-order valence-electron chi connectivity index (χ0n) is 9.48. The number of hydrogen-bond donors (Lipinski definition) is 1. The van der Waals surface area contributed by atoms with E-state index in [4.69, 9.17) is 4.74 Å². The summed E-state index contributed by atoms with van der Waals surface area (Å²) in [5, 5.41) is 3.05. The Morgan fingerprint density at radius 1 is 1.24 bits per heavy atom. The van der Waals surface area contributed by atoms with E-state index in [0.29, 0.717) is 5.75 Å². The summed E-state index contributed by atoms with van der Waals surface area (Å²) in [4.78, 5) is 3.82. The third-order valence-electron chi connectivity index (χ3n) is 2.24. The van der Waals surface area contributed by atoms with E-state index in [1.165, 1.54) is 18.3 Å². The average Bonchev–Trinajstić information content (AvgIpc) is 2.35. The van der Waals surface area contributed by atoms with Gasteiger partial charge in [-0.15, -0.1) is 0 Å². The summed E-state index contributed by atoms with van der Waals surface area (Å²) in [6.07, 6.45) is 1.49. The minimum absolute atomic E-state index is 0.00568. The largest absolute Gasteiger partial charge is 0.436 e. The van der Waals surface area contributed by atoms with E-state index in [0.717, 1.165) is 12.1 Å². The molecule has 1 N–H and O–H groups in total. The van der Waals surface area contributed by atoms with Crippen molar-refractivity contribution >= 4 is 0 Å². The van der Waals surface area contributed by atoms with Crippen LogP contribution in [0.1, 0.15) is 5.56 Å². The van der Waals surface area contributed by atoms with Crippen molar-refractivity contribution in [3.63, 3.8) is 0 Å². The van der Waals surface area contributed by atoms with Crippen LogP contribution in [0.15, 0.2) is 42.6 Å². The van der Waals surface area contributed by atoms with Crippen LogP contribution in [-0.2, 0) is 6.54 Å². The highest BCUT2D eigenvalue weighted by molar-refractivity contribution is 5.30. The molecule has 0 amide bonds. The van der Waals surface area contributed by atoms with Crippen LogP contribution < -0.4 is 10.1 Å². The van der Waals surface area contributed by atoms with E-state index >= 15 is 0 Å². The highest BCUT2D eigenvalue weighted by Gasteiger charge is 2.04. The molecule has 1 heterocycles. The maximum atomic E-state index is 13.3. The number of nitrogens with one attached hydrogen (secondary N) is 1. The first-order chi connectivity index (χ1) is 8.29. The number of hydrogen-bond acceptors (Lipinski definition) is 3. The fourth-order valence-electron chi connectivity index (χ4n) is 1.44. The molecular weight excluding hydrogens is 219 g/mol. The van der Waals surface area contributed by atoms with Crippen molar-refractivity contribution in [2.24, 2.45) is 0 Å². The van der Waals surface area contributed by atoms with Crippen LogP contribution in [0.2, 0.25) is 0 Å². The Labute approximate surface area is 99.3 Å². The first-order valence-corrected chi connectivity index (χ1v) is 5.31. The van der Waals surface area contributed by atoms with Crippen LogP contribution in [-0.4, -0.2) is 12.0 Å². The van der Waals surface area contributed by atoms with Crippen LogP contribution in [0.3, 0.4) is 0 Å². The Bertz CT molecular complexity index is 485. The Balaban J connectivity index is 2.11. The van der Waals surface area contributed by atoms with Gasteiger partial charge in [0.2, 0.25) is 0 Å². The molecule has 2 rings (SSSR count). The second-order valence-corrected chi connectivity index (χ2v) is 3.57. The molecule has 0 aliphatic rings. The number of rotatable bonds is 4. The maximum Gasteiger partial charge on any atom is 0.255 e. The predicted octanol–water partition coefficient (Wildman–Crippen LogP) is 2.73. The van der Waals surface area contributed by atoms with Gasteiger partial charge >= 0.3 is 0 Å². The van der Waals surface area contributed by atoms with Crippen LogP contribution in [0.5, 0.6) is 11.6 Å². The van der Waals surface area contributed by atoms with Gasteiger partial charge in [0.1, 0.15) is 5.75 Å². The predicted molar refractivity (Wildman–Crippen MR) is 63.5 cm³/mol. The van der Waals surface area contributed by atoms with Crippen molar-refractivity contribution in [2.45, 2.75) is 6.54 Å². The lowest BCUT2D eigenvalue weighted by Crippen LogP contribution is -2.04. The van der Waals surface area contributed by atoms with Gasteiger partial charge < -0.3 is 10.1 Å². The molecule has 0 atom stereocenters. The number of ether oxygens (including phenoxy) is 1. The molecule has 0 aliphatic carbocycles. The maximum absolute atomic E-state index is 13.3. The van der Waals surface area contributed by atoms with Crippen LogP contribution >= 0.6 is 0 Å². The second kappa shape index (κ2) is 5.41. The second-order valence-electron chi connectivity index (χ2n) is 3.57. The van der Waals surface area contributed by atoms with E-state index in [-0.39, 0.29) is 5.88 Å². The van der Waals surface area contributed by atoms with Gasteiger partial charge in [-0.05, 0) is 36.9 Å². The highest BCUT2D eigenvalue weighted by Crippen LogP contribution is 2.21. The van der Waals surface area contributed by atoms with Gasteiger partial charge in [-0.3, -0.25) is 0 Å². The third kappa shape index (κ3) is 3.01. The molecule has 2 aromatic rings. The summed E-state index contributed by atoms with van der Waals surface area (Å²) in [5.74, 6) is 0.100. The molecule has 17 heavy (non-hydrogen) atoms. The lowest BCUT2D eigenvalue weighted by Gasteiger charge is -2.06.